The zero-order chi connectivity index (χ0) is 20.1. The van der Waals surface area contributed by atoms with Gasteiger partial charge in [0.1, 0.15) is 0 Å². The van der Waals surface area contributed by atoms with Crippen LogP contribution in [0.5, 0.6) is 0 Å². The zero-order valence-corrected chi connectivity index (χ0v) is 17.9. The molecule has 0 fully saturated rings. The normalized spacial score (nSPS) is 11.0. The predicted molar refractivity (Wildman–Crippen MR) is 117 cm³/mol. The number of carbonyl (C=O) groups excluding carboxylic acids is 1. The summed E-state index contributed by atoms with van der Waals surface area (Å²) in [4.78, 5) is 21.0. The molecule has 6 heteroatoms. The first-order chi connectivity index (χ1) is 13.5. The molecule has 0 unspecified atom stereocenters. The van der Waals surface area contributed by atoms with E-state index in [2.05, 4.69) is 24.9 Å². The molecular formula is C22H24ClN3OS. The van der Waals surface area contributed by atoms with Crippen LogP contribution in [0.4, 0.5) is 10.8 Å². The molecule has 0 atom stereocenters. The summed E-state index contributed by atoms with van der Waals surface area (Å²) < 4.78 is 0. The molecule has 1 amide bonds. The minimum absolute atomic E-state index is 0.0312. The lowest BCUT2D eigenvalue weighted by Gasteiger charge is -2.21. The Labute approximate surface area is 175 Å². The molecule has 0 saturated carbocycles. The summed E-state index contributed by atoms with van der Waals surface area (Å²) in [6, 6.07) is 15.9. The molecule has 0 aliphatic rings. The van der Waals surface area contributed by atoms with Crippen molar-refractivity contribution >= 4 is 39.7 Å². The van der Waals surface area contributed by atoms with Gasteiger partial charge in [0.05, 0.1) is 11.4 Å². The van der Waals surface area contributed by atoms with E-state index in [0.717, 1.165) is 34.9 Å². The average molecular weight is 414 g/mol. The highest BCUT2D eigenvalue weighted by molar-refractivity contribution is 7.14. The number of rotatable bonds is 7. The van der Waals surface area contributed by atoms with Gasteiger partial charge in [-0.1, -0.05) is 48.9 Å². The highest BCUT2D eigenvalue weighted by Crippen LogP contribution is 2.32. The molecule has 3 aromatic rings. The van der Waals surface area contributed by atoms with Gasteiger partial charge in [-0.15, -0.1) is 11.3 Å². The molecule has 1 aromatic heterocycles. The number of nitrogens with zero attached hydrogens (tertiary/aromatic N) is 3. The number of aromatic nitrogens is 1. The zero-order valence-electron chi connectivity index (χ0n) is 16.4. The van der Waals surface area contributed by atoms with Crippen LogP contribution < -0.4 is 4.90 Å². The van der Waals surface area contributed by atoms with Crippen LogP contribution in [-0.2, 0) is 24.3 Å². The van der Waals surface area contributed by atoms with Gasteiger partial charge in [0.25, 0.3) is 0 Å². The number of hydrogen-bond acceptors (Lipinski definition) is 4. The van der Waals surface area contributed by atoms with Crippen molar-refractivity contribution in [3.05, 3.63) is 75.8 Å². The number of halogens is 1. The standard InChI is InChI=1S/C22H24ClN3OS/c1-4-18-7-5-6-8-21(18)26(16(2)27)22-24-20(15-28-22)14-25(3)13-17-9-11-19(23)12-10-17/h5-12,15H,4,13-14H2,1-3H3. The van der Waals surface area contributed by atoms with Gasteiger partial charge in [-0.2, -0.15) is 0 Å². The molecule has 3 rings (SSSR count). The van der Waals surface area contributed by atoms with E-state index >= 15 is 0 Å². The lowest BCUT2D eigenvalue weighted by molar-refractivity contribution is -0.115. The Hall–Kier alpha value is -2.21. The largest absolute Gasteiger partial charge is 0.296 e. The van der Waals surface area contributed by atoms with Crippen molar-refractivity contribution in [3.8, 4) is 0 Å². The van der Waals surface area contributed by atoms with Crippen LogP contribution in [0.25, 0.3) is 0 Å². The van der Waals surface area contributed by atoms with E-state index in [1.165, 1.54) is 16.9 Å². The van der Waals surface area contributed by atoms with E-state index < -0.39 is 0 Å². The summed E-state index contributed by atoms with van der Waals surface area (Å²) in [6.07, 6.45) is 0.863. The molecule has 0 saturated heterocycles. The number of para-hydroxylation sites is 1. The lowest BCUT2D eigenvalue weighted by Crippen LogP contribution is -2.24. The van der Waals surface area contributed by atoms with Gasteiger partial charge in [-0.3, -0.25) is 14.6 Å². The van der Waals surface area contributed by atoms with Gasteiger partial charge in [-0.25, -0.2) is 4.98 Å². The summed E-state index contributed by atoms with van der Waals surface area (Å²) in [7, 11) is 2.06. The third kappa shape index (κ3) is 4.98. The highest BCUT2D eigenvalue weighted by atomic mass is 35.5. The third-order valence-electron chi connectivity index (χ3n) is 4.46. The number of anilines is 2. The van der Waals surface area contributed by atoms with E-state index in [9.17, 15) is 4.79 Å². The number of benzene rings is 2. The Kier molecular flexibility index (Phi) is 6.83. The Bertz CT molecular complexity index is 939. The van der Waals surface area contributed by atoms with Crippen LogP contribution in [0.2, 0.25) is 5.02 Å². The van der Waals surface area contributed by atoms with E-state index in [1.807, 2.05) is 47.8 Å². The fraction of sp³-hybridized carbons (Fsp3) is 0.273. The van der Waals surface area contributed by atoms with Crippen molar-refractivity contribution in [2.45, 2.75) is 33.4 Å². The van der Waals surface area contributed by atoms with Gasteiger partial charge in [-0.05, 0) is 42.8 Å². The Morgan fingerprint density at radius 2 is 1.82 bits per heavy atom. The minimum atomic E-state index is -0.0312. The maximum absolute atomic E-state index is 12.4. The first-order valence-electron chi connectivity index (χ1n) is 9.24. The van der Waals surface area contributed by atoms with Crippen LogP contribution in [0.1, 0.15) is 30.7 Å². The molecular weight excluding hydrogens is 390 g/mol. The molecule has 2 aromatic carbocycles. The Morgan fingerprint density at radius 1 is 1.11 bits per heavy atom. The summed E-state index contributed by atoms with van der Waals surface area (Å²) >= 11 is 7.45. The number of hydrogen-bond donors (Lipinski definition) is 0. The van der Waals surface area contributed by atoms with Crippen LogP contribution in [0.15, 0.2) is 53.9 Å². The van der Waals surface area contributed by atoms with E-state index in [-0.39, 0.29) is 5.91 Å². The summed E-state index contributed by atoms with van der Waals surface area (Å²) in [5, 5.41) is 3.48. The van der Waals surface area contributed by atoms with Gasteiger partial charge in [0.2, 0.25) is 5.91 Å². The average Bonchev–Trinajstić information content (AvgIpc) is 3.11. The second-order valence-corrected chi connectivity index (χ2v) is 8.03. The molecule has 0 N–H and O–H groups in total. The summed E-state index contributed by atoms with van der Waals surface area (Å²) in [6.45, 7) is 5.19. The SMILES string of the molecule is CCc1ccccc1N(C(C)=O)c1nc(CN(C)Cc2ccc(Cl)cc2)cs1. The van der Waals surface area contributed by atoms with Gasteiger partial charge in [0.15, 0.2) is 5.13 Å². The maximum Gasteiger partial charge on any atom is 0.230 e. The smallest absolute Gasteiger partial charge is 0.230 e. The Balaban J connectivity index is 1.75. The molecule has 0 spiro atoms. The van der Waals surface area contributed by atoms with Crippen molar-refractivity contribution in [1.82, 2.24) is 9.88 Å². The van der Waals surface area contributed by atoms with E-state index in [4.69, 9.17) is 16.6 Å². The quantitative estimate of drug-likeness (QED) is 0.500. The van der Waals surface area contributed by atoms with Crippen LogP contribution in [-0.4, -0.2) is 22.8 Å². The minimum Gasteiger partial charge on any atom is -0.296 e. The van der Waals surface area contributed by atoms with Crippen molar-refractivity contribution < 1.29 is 4.79 Å². The van der Waals surface area contributed by atoms with Gasteiger partial charge >= 0.3 is 0 Å². The Morgan fingerprint density at radius 3 is 2.50 bits per heavy atom. The molecule has 4 nitrogen and oxygen atoms in total. The van der Waals surface area contributed by atoms with E-state index in [1.54, 1.807) is 11.8 Å². The fourth-order valence-electron chi connectivity index (χ4n) is 3.14. The van der Waals surface area contributed by atoms with Crippen LogP contribution in [0.3, 0.4) is 0 Å². The first kappa shape index (κ1) is 20.5. The topological polar surface area (TPSA) is 36.4 Å². The fourth-order valence-corrected chi connectivity index (χ4v) is 4.14. The van der Waals surface area contributed by atoms with Gasteiger partial charge in [0, 0.05) is 30.4 Å². The molecule has 1 heterocycles. The lowest BCUT2D eigenvalue weighted by atomic mass is 10.1. The van der Waals surface area contributed by atoms with Crippen molar-refractivity contribution in [3.63, 3.8) is 0 Å². The predicted octanol–water partition coefficient (Wildman–Crippen LogP) is 5.68. The van der Waals surface area contributed by atoms with Gasteiger partial charge < -0.3 is 0 Å². The maximum atomic E-state index is 12.4. The third-order valence-corrected chi connectivity index (χ3v) is 5.58. The van der Waals surface area contributed by atoms with Crippen molar-refractivity contribution in [1.29, 1.82) is 0 Å². The first-order valence-corrected chi connectivity index (χ1v) is 10.5. The van der Waals surface area contributed by atoms with Crippen LogP contribution in [0, 0.1) is 0 Å². The molecule has 0 radical (unpaired) electrons. The molecule has 28 heavy (non-hydrogen) atoms. The van der Waals surface area contributed by atoms with Crippen molar-refractivity contribution in [2.24, 2.45) is 0 Å². The van der Waals surface area contributed by atoms with E-state index in [0.29, 0.717) is 11.7 Å². The molecule has 0 aliphatic carbocycles. The van der Waals surface area contributed by atoms with Crippen molar-refractivity contribution in [2.75, 3.05) is 11.9 Å². The summed E-state index contributed by atoms with van der Waals surface area (Å²) in [5.74, 6) is -0.0312. The number of amides is 1. The molecule has 0 aliphatic heterocycles. The van der Waals surface area contributed by atoms with Crippen LogP contribution >= 0.6 is 22.9 Å². The molecule has 146 valence electrons. The second kappa shape index (κ2) is 9.32. The highest BCUT2D eigenvalue weighted by Gasteiger charge is 2.20. The monoisotopic (exact) mass is 413 g/mol. The second-order valence-electron chi connectivity index (χ2n) is 6.76. The number of carbonyl (C=O) groups is 1. The summed E-state index contributed by atoms with van der Waals surface area (Å²) in [5.41, 5.74) is 4.20. The molecule has 0 bridgehead atoms. The number of aryl methyl sites for hydroxylation is 1. The number of thiazole rings is 1.